The predicted octanol–water partition coefficient (Wildman–Crippen LogP) is 2.67. The number of rotatable bonds is 2. The minimum Gasteiger partial charge on any atom is -0.307 e. The molecule has 0 unspecified atom stereocenters. The van der Waals surface area contributed by atoms with E-state index in [0.717, 1.165) is 0 Å². The van der Waals surface area contributed by atoms with Gasteiger partial charge in [-0.15, -0.1) is 0 Å². The van der Waals surface area contributed by atoms with Crippen LogP contribution in [0.1, 0.15) is 20.7 Å². The van der Waals surface area contributed by atoms with E-state index in [-0.39, 0.29) is 11.1 Å². The lowest BCUT2D eigenvalue weighted by atomic mass is 10.1. The maximum Gasteiger partial charge on any atom is 0.338 e. The van der Waals surface area contributed by atoms with E-state index >= 15 is 0 Å². The summed E-state index contributed by atoms with van der Waals surface area (Å²) in [7, 11) is 0. The molecule has 0 saturated carbocycles. The molecule has 0 aliphatic carbocycles. The Balaban J connectivity index is 1.71. The second kappa shape index (κ2) is 5.50. The highest BCUT2D eigenvalue weighted by atomic mass is 35.5. The van der Waals surface area contributed by atoms with E-state index in [0.29, 0.717) is 15.7 Å². The summed E-state index contributed by atoms with van der Waals surface area (Å²) in [5.41, 5.74) is 3.25. The van der Waals surface area contributed by atoms with Gasteiger partial charge in [0.2, 0.25) is 0 Å². The normalized spacial score (nSPS) is 13.0. The van der Waals surface area contributed by atoms with E-state index in [1.165, 1.54) is 12.1 Å². The van der Waals surface area contributed by atoms with Crippen LogP contribution in [0.15, 0.2) is 48.5 Å². The molecule has 0 aromatic heterocycles. The van der Waals surface area contributed by atoms with Gasteiger partial charge in [-0.25, -0.2) is 10.2 Å². The molecule has 7 heteroatoms. The molecule has 3 rings (SSSR count). The third-order valence-electron chi connectivity index (χ3n) is 3.11. The number of amides is 4. The van der Waals surface area contributed by atoms with E-state index < -0.39 is 17.8 Å². The SMILES string of the molecule is O=C(Nc1ccc(Cl)cc1)NN1C(=O)c2ccccc2C1=O. The smallest absolute Gasteiger partial charge is 0.307 e. The Morgan fingerprint density at radius 1 is 0.909 bits per heavy atom. The van der Waals surface area contributed by atoms with Crippen LogP contribution in [0, 0.1) is 0 Å². The van der Waals surface area contributed by atoms with Crippen LogP contribution in [0.3, 0.4) is 0 Å². The van der Waals surface area contributed by atoms with Crippen molar-refractivity contribution in [2.75, 3.05) is 5.32 Å². The number of nitrogens with one attached hydrogen (secondary N) is 2. The first-order valence-electron chi connectivity index (χ1n) is 6.37. The number of hydrazine groups is 1. The molecule has 0 bridgehead atoms. The number of hydrogen-bond donors (Lipinski definition) is 2. The Kier molecular flexibility index (Phi) is 3.52. The quantitative estimate of drug-likeness (QED) is 0.836. The first kappa shape index (κ1) is 14.1. The zero-order chi connectivity index (χ0) is 15.7. The van der Waals surface area contributed by atoms with Crippen LogP contribution < -0.4 is 10.7 Å². The first-order valence-corrected chi connectivity index (χ1v) is 6.75. The molecule has 1 aliphatic rings. The van der Waals surface area contributed by atoms with Gasteiger partial charge in [0, 0.05) is 10.7 Å². The molecule has 22 heavy (non-hydrogen) atoms. The average molecular weight is 316 g/mol. The largest absolute Gasteiger partial charge is 0.338 e. The van der Waals surface area contributed by atoms with E-state index in [1.807, 2.05) is 0 Å². The Labute approximate surface area is 130 Å². The van der Waals surface area contributed by atoms with Crippen LogP contribution in [0.25, 0.3) is 0 Å². The molecule has 6 nitrogen and oxygen atoms in total. The third kappa shape index (κ3) is 2.51. The second-order valence-corrected chi connectivity index (χ2v) is 5.00. The Morgan fingerprint density at radius 2 is 1.45 bits per heavy atom. The number of halogens is 1. The molecule has 0 spiro atoms. The van der Waals surface area contributed by atoms with Crippen molar-refractivity contribution < 1.29 is 14.4 Å². The van der Waals surface area contributed by atoms with Crippen molar-refractivity contribution >= 4 is 35.1 Å². The van der Waals surface area contributed by atoms with Crippen LogP contribution in [0.2, 0.25) is 5.02 Å². The first-order chi connectivity index (χ1) is 10.6. The maximum atomic E-state index is 12.1. The molecule has 0 fully saturated rings. The van der Waals surface area contributed by atoms with Crippen molar-refractivity contribution in [3.05, 3.63) is 64.7 Å². The van der Waals surface area contributed by atoms with Gasteiger partial charge in [-0.3, -0.25) is 9.59 Å². The Bertz CT molecular complexity index is 739. The third-order valence-corrected chi connectivity index (χ3v) is 3.36. The summed E-state index contributed by atoms with van der Waals surface area (Å²) < 4.78 is 0. The highest BCUT2D eigenvalue weighted by molar-refractivity contribution is 6.30. The fourth-order valence-corrected chi connectivity index (χ4v) is 2.21. The highest BCUT2D eigenvalue weighted by Crippen LogP contribution is 2.20. The number of carbonyl (C=O) groups excluding carboxylic acids is 3. The van der Waals surface area contributed by atoms with Crippen molar-refractivity contribution in [2.45, 2.75) is 0 Å². The molecule has 2 aromatic carbocycles. The summed E-state index contributed by atoms with van der Waals surface area (Å²) in [5, 5.41) is 3.73. The van der Waals surface area contributed by atoms with E-state index in [1.54, 1.807) is 36.4 Å². The van der Waals surface area contributed by atoms with Crippen molar-refractivity contribution in [3.8, 4) is 0 Å². The van der Waals surface area contributed by atoms with Crippen molar-refractivity contribution in [3.63, 3.8) is 0 Å². The molecule has 2 aromatic rings. The van der Waals surface area contributed by atoms with Crippen molar-refractivity contribution in [1.82, 2.24) is 10.4 Å². The average Bonchev–Trinajstić information content (AvgIpc) is 2.75. The molecule has 2 N–H and O–H groups in total. The fourth-order valence-electron chi connectivity index (χ4n) is 2.08. The van der Waals surface area contributed by atoms with Gasteiger partial charge < -0.3 is 5.32 Å². The Hall–Kier alpha value is -2.86. The Morgan fingerprint density at radius 3 is 2.00 bits per heavy atom. The number of fused-ring (bicyclic) bond motifs is 1. The highest BCUT2D eigenvalue weighted by Gasteiger charge is 2.36. The minimum absolute atomic E-state index is 0.263. The van der Waals surface area contributed by atoms with Crippen LogP contribution in [0.4, 0.5) is 10.5 Å². The predicted molar refractivity (Wildman–Crippen MR) is 80.5 cm³/mol. The topological polar surface area (TPSA) is 78.5 Å². The van der Waals surface area contributed by atoms with Gasteiger partial charge in [0.15, 0.2) is 0 Å². The molecule has 1 aliphatic heterocycles. The summed E-state index contributed by atoms with van der Waals surface area (Å²) in [4.78, 5) is 36.1. The zero-order valence-corrected chi connectivity index (χ0v) is 11.9. The standard InChI is InChI=1S/C15H10ClN3O3/c16-9-5-7-10(8-6-9)17-15(22)18-19-13(20)11-3-1-2-4-12(11)14(19)21/h1-8H,(H2,17,18,22). The van der Waals surface area contributed by atoms with Gasteiger partial charge in [-0.1, -0.05) is 23.7 Å². The zero-order valence-electron chi connectivity index (χ0n) is 11.2. The fraction of sp³-hybridized carbons (Fsp3) is 0. The molecule has 4 amide bonds. The molecular weight excluding hydrogens is 306 g/mol. The number of benzene rings is 2. The van der Waals surface area contributed by atoms with Crippen molar-refractivity contribution in [2.24, 2.45) is 0 Å². The summed E-state index contributed by atoms with van der Waals surface area (Å²) in [6.07, 6.45) is 0. The number of carbonyl (C=O) groups is 3. The number of hydrogen-bond acceptors (Lipinski definition) is 3. The number of anilines is 1. The summed E-state index contributed by atoms with van der Waals surface area (Å²) >= 11 is 5.75. The minimum atomic E-state index is -0.697. The van der Waals surface area contributed by atoms with Gasteiger partial charge in [-0.2, -0.15) is 5.01 Å². The number of urea groups is 1. The van der Waals surface area contributed by atoms with Crippen LogP contribution in [-0.2, 0) is 0 Å². The second-order valence-electron chi connectivity index (χ2n) is 4.56. The van der Waals surface area contributed by atoms with Crippen LogP contribution in [0.5, 0.6) is 0 Å². The molecule has 0 radical (unpaired) electrons. The summed E-state index contributed by atoms with van der Waals surface area (Å²) in [6.45, 7) is 0. The molecule has 0 atom stereocenters. The maximum absolute atomic E-state index is 12.1. The molecule has 110 valence electrons. The van der Waals surface area contributed by atoms with E-state index in [9.17, 15) is 14.4 Å². The van der Waals surface area contributed by atoms with Gasteiger partial charge in [0.25, 0.3) is 11.8 Å². The lowest BCUT2D eigenvalue weighted by Gasteiger charge is -2.15. The van der Waals surface area contributed by atoms with Gasteiger partial charge in [0.1, 0.15) is 0 Å². The van der Waals surface area contributed by atoms with Crippen LogP contribution in [-0.4, -0.2) is 22.9 Å². The number of imide groups is 1. The van der Waals surface area contributed by atoms with Gasteiger partial charge in [-0.05, 0) is 36.4 Å². The van der Waals surface area contributed by atoms with Gasteiger partial charge >= 0.3 is 6.03 Å². The van der Waals surface area contributed by atoms with Crippen molar-refractivity contribution in [1.29, 1.82) is 0 Å². The van der Waals surface area contributed by atoms with E-state index in [4.69, 9.17) is 11.6 Å². The summed E-state index contributed by atoms with van der Waals surface area (Å²) in [6, 6.07) is 12.1. The van der Waals surface area contributed by atoms with Crippen LogP contribution >= 0.6 is 11.6 Å². The van der Waals surface area contributed by atoms with E-state index in [2.05, 4.69) is 10.7 Å². The monoisotopic (exact) mass is 315 g/mol. The van der Waals surface area contributed by atoms with Gasteiger partial charge in [0.05, 0.1) is 11.1 Å². The lowest BCUT2D eigenvalue weighted by Crippen LogP contribution is -2.47. The summed E-state index contributed by atoms with van der Waals surface area (Å²) in [5.74, 6) is -1.13. The molecular formula is C15H10ClN3O3. The molecule has 1 heterocycles. The number of nitrogens with zero attached hydrogens (tertiary/aromatic N) is 1. The lowest BCUT2D eigenvalue weighted by molar-refractivity contribution is 0.0592. The molecule has 0 saturated heterocycles.